The van der Waals surface area contributed by atoms with Crippen molar-refractivity contribution in [2.45, 2.75) is 38.8 Å². The molecule has 5 nitrogen and oxygen atoms in total. The molecule has 1 aromatic heterocycles. The fourth-order valence-electron chi connectivity index (χ4n) is 3.96. The number of hydrogen-bond acceptors (Lipinski definition) is 4. The van der Waals surface area contributed by atoms with Crippen molar-refractivity contribution in [3.05, 3.63) is 93.4 Å². The van der Waals surface area contributed by atoms with E-state index < -0.39 is 0 Å². The van der Waals surface area contributed by atoms with Crippen molar-refractivity contribution in [2.75, 3.05) is 18.4 Å². The fourth-order valence-corrected chi connectivity index (χ4v) is 3.96. The molecular formula is C24H28N4O. The van der Waals surface area contributed by atoms with Gasteiger partial charge in [-0.2, -0.15) is 0 Å². The molecule has 2 N–H and O–H groups in total. The largest absolute Gasteiger partial charge is 0.353 e. The van der Waals surface area contributed by atoms with Crippen LogP contribution in [-0.4, -0.2) is 34.0 Å². The molecule has 1 saturated heterocycles. The summed E-state index contributed by atoms with van der Waals surface area (Å²) in [5.74, 6) is 0.589. The maximum Gasteiger partial charge on any atom is 0.256 e. The minimum Gasteiger partial charge on any atom is -0.353 e. The number of aromatic amines is 1. The molecule has 0 unspecified atom stereocenters. The normalized spacial score (nSPS) is 15.3. The van der Waals surface area contributed by atoms with Crippen molar-refractivity contribution in [1.29, 1.82) is 0 Å². The zero-order valence-electron chi connectivity index (χ0n) is 16.9. The minimum atomic E-state index is -0.0506. The molecule has 3 aromatic rings. The van der Waals surface area contributed by atoms with Crippen LogP contribution in [0, 0.1) is 6.92 Å². The molecule has 0 aliphatic carbocycles. The Labute approximate surface area is 171 Å². The summed E-state index contributed by atoms with van der Waals surface area (Å²) >= 11 is 0. The van der Waals surface area contributed by atoms with Crippen molar-refractivity contribution in [2.24, 2.45) is 0 Å². The highest BCUT2D eigenvalue weighted by Gasteiger charge is 2.20. The van der Waals surface area contributed by atoms with Gasteiger partial charge in [-0.05, 0) is 30.9 Å². The Bertz CT molecular complexity index is 977. The number of anilines is 1. The SMILES string of the molecule is Cc1nc(NC2CCN(Cc3ccccc3)CC2)[nH]c(=O)c1Cc1ccccc1. The third-order valence-corrected chi connectivity index (χ3v) is 5.62. The molecule has 1 aliphatic heterocycles. The third kappa shape index (κ3) is 5.12. The van der Waals surface area contributed by atoms with Crippen LogP contribution < -0.4 is 10.9 Å². The highest BCUT2D eigenvalue weighted by atomic mass is 16.1. The van der Waals surface area contributed by atoms with Crippen molar-refractivity contribution < 1.29 is 0 Å². The van der Waals surface area contributed by atoms with E-state index in [1.54, 1.807) is 0 Å². The quantitative estimate of drug-likeness (QED) is 0.675. The third-order valence-electron chi connectivity index (χ3n) is 5.62. The molecule has 0 radical (unpaired) electrons. The minimum absolute atomic E-state index is 0.0506. The van der Waals surface area contributed by atoms with Crippen LogP contribution in [0.25, 0.3) is 0 Å². The van der Waals surface area contributed by atoms with E-state index in [1.165, 1.54) is 5.56 Å². The zero-order valence-corrected chi connectivity index (χ0v) is 16.9. The van der Waals surface area contributed by atoms with Gasteiger partial charge in [0.25, 0.3) is 5.56 Å². The van der Waals surface area contributed by atoms with Gasteiger partial charge >= 0.3 is 0 Å². The lowest BCUT2D eigenvalue weighted by Gasteiger charge is -2.32. The molecule has 1 aliphatic rings. The highest BCUT2D eigenvalue weighted by molar-refractivity contribution is 5.33. The standard InChI is InChI=1S/C24H28N4O/c1-18-22(16-19-8-4-2-5-9-19)23(29)27-24(25-18)26-21-12-14-28(15-13-21)17-20-10-6-3-7-11-20/h2-11,21H,12-17H2,1H3,(H2,25,26,27,29). The molecule has 5 heteroatoms. The van der Waals surface area contributed by atoms with Crippen LogP contribution in [0.15, 0.2) is 65.5 Å². The van der Waals surface area contributed by atoms with Crippen LogP contribution in [0.4, 0.5) is 5.95 Å². The second kappa shape index (κ2) is 9.05. The molecular weight excluding hydrogens is 360 g/mol. The molecule has 4 rings (SSSR count). The highest BCUT2D eigenvalue weighted by Crippen LogP contribution is 2.17. The Morgan fingerprint density at radius 1 is 1.00 bits per heavy atom. The molecule has 2 heterocycles. The van der Waals surface area contributed by atoms with Crippen molar-refractivity contribution in [3.63, 3.8) is 0 Å². The van der Waals surface area contributed by atoms with Gasteiger partial charge in [-0.25, -0.2) is 4.98 Å². The molecule has 0 spiro atoms. The van der Waals surface area contributed by atoms with E-state index in [1.807, 2.05) is 37.3 Å². The first kappa shape index (κ1) is 19.4. The first-order chi connectivity index (χ1) is 14.2. The van der Waals surface area contributed by atoms with Crippen molar-refractivity contribution >= 4 is 5.95 Å². The number of nitrogens with zero attached hydrogens (tertiary/aromatic N) is 2. The number of benzene rings is 2. The molecule has 150 valence electrons. The molecule has 0 bridgehead atoms. The summed E-state index contributed by atoms with van der Waals surface area (Å²) in [6, 6.07) is 21.0. The predicted molar refractivity (Wildman–Crippen MR) is 117 cm³/mol. The molecule has 0 amide bonds. The Kier molecular flexibility index (Phi) is 6.06. The Hall–Kier alpha value is -2.92. The molecule has 2 aromatic carbocycles. The second-order valence-electron chi connectivity index (χ2n) is 7.82. The molecule has 0 atom stereocenters. The van der Waals surface area contributed by atoms with Gasteiger partial charge in [-0.15, -0.1) is 0 Å². The number of piperidine rings is 1. The smallest absolute Gasteiger partial charge is 0.256 e. The summed E-state index contributed by atoms with van der Waals surface area (Å²) in [5, 5.41) is 3.44. The van der Waals surface area contributed by atoms with Gasteiger partial charge < -0.3 is 5.32 Å². The fraction of sp³-hybridized carbons (Fsp3) is 0.333. The lowest BCUT2D eigenvalue weighted by molar-refractivity contribution is 0.211. The van der Waals surface area contributed by atoms with Crippen molar-refractivity contribution in [3.8, 4) is 0 Å². The van der Waals surface area contributed by atoms with Gasteiger partial charge in [0.2, 0.25) is 5.95 Å². The van der Waals surface area contributed by atoms with E-state index in [-0.39, 0.29) is 5.56 Å². The van der Waals surface area contributed by atoms with E-state index in [0.717, 1.165) is 49.3 Å². The molecule has 29 heavy (non-hydrogen) atoms. The average Bonchev–Trinajstić information content (AvgIpc) is 2.74. The van der Waals surface area contributed by atoms with Crippen LogP contribution in [0.1, 0.15) is 35.2 Å². The summed E-state index contributed by atoms with van der Waals surface area (Å²) < 4.78 is 0. The number of aromatic nitrogens is 2. The van der Waals surface area contributed by atoms with Crippen molar-refractivity contribution in [1.82, 2.24) is 14.9 Å². The van der Waals surface area contributed by atoms with Crippen LogP contribution >= 0.6 is 0 Å². The zero-order chi connectivity index (χ0) is 20.1. The summed E-state index contributed by atoms with van der Waals surface area (Å²) in [6.45, 7) is 5.00. The monoisotopic (exact) mass is 388 g/mol. The van der Waals surface area contributed by atoms with Crippen LogP contribution in [0.5, 0.6) is 0 Å². The van der Waals surface area contributed by atoms with Crippen LogP contribution in [0.3, 0.4) is 0 Å². The number of likely N-dealkylation sites (tertiary alicyclic amines) is 1. The number of rotatable bonds is 6. The summed E-state index contributed by atoms with van der Waals surface area (Å²) in [4.78, 5) is 22.7. The Balaban J connectivity index is 1.35. The maximum atomic E-state index is 12.6. The summed E-state index contributed by atoms with van der Waals surface area (Å²) in [5.41, 5.74) is 3.95. The first-order valence-corrected chi connectivity index (χ1v) is 10.3. The Morgan fingerprint density at radius 3 is 2.24 bits per heavy atom. The van der Waals surface area contributed by atoms with Gasteiger partial charge in [0.05, 0.1) is 5.69 Å². The van der Waals surface area contributed by atoms with Crippen LogP contribution in [-0.2, 0) is 13.0 Å². The topological polar surface area (TPSA) is 61.0 Å². The predicted octanol–water partition coefficient (Wildman–Crippen LogP) is 3.75. The van der Waals surface area contributed by atoms with E-state index in [9.17, 15) is 4.79 Å². The number of aryl methyl sites for hydroxylation is 1. The van der Waals surface area contributed by atoms with Gasteiger partial charge in [-0.1, -0.05) is 60.7 Å². The molecule has 0 saturated carbocycles. The van der Waals surface area contributed by atoms with Gasteiger partial charge in [0, 0.05) is 37.7 Å². The number of H-pyrrole nitrogens is 1. The van der Waals surface area contributed by atoms with E-state index in [4.69, 9.17) is 0 Å². The van der Waals surface area contributed by atoms with E-state index in [2.05, 4.69) is 50.5 Å². The van der Waals surface area contributed by atoms with Gasteiger partial charge in [0.1, 0.15) is 0 Å². The van der Waals surface area contributed by atoms with E-state index in [0.29, 0.717) is 18.4 Å². The number of nitrogens with one attached hydrogen (secondary N) is 2. The lowest BCUT2D eigenvalue weighted by Crippen LogP contribution is -2.39. The summed E-state index contributed by atoms with van der Waals surface area (Å²) in [7, 11) is 0. The maximum absolute atomic E-state index is 12.6. The van der Waals surface area contributed by atoms with Gasteiger partial charge in [0.15, 0.2) is 0 Å². The average molecular weight is 389 g/mol. The van der Waals surface area contributed by atoms with Gasteiger partial charge in [-0.3, -0.25) is 14.7 Å². The van der Waals surface area contributed by atoms with Crippen LogP contribution in [0.2, 0.25) is 0 Å². The lowest BCUT2D eigenvalue weighted by atomic mass is 10.0. The Morgan fingerprint density at radius 2 is 1.62 bits per heavy atom. The number of hydrogen-bond donors (Lipinski definition) is 2. The first-order valence-electron chi connectivity index (χ1n) is 10.3. The van der Waals surface area contributed by atoms with E-state index >= 15 is 0 Å². The second-order valence-corrected chi connectivity index (χ2v) is 7.82. The molecule has 1 fully saturated rings. The summed E-state index contributed by atoms with van der Waals surface area (Å²) in [6.07, 6.45) is 2.69.